The summed E-state index contributed by atoms with van der Waals surface area (Å²) in [5.74, 6) is 0.464. The number of nitrogens with zero attached hydrogens (tertiary/aromatic N) is 6. The molecule has 2 atom stereocenters. The van der Waals surface area contributed by atoms with E-state index in [1.807, 2.05) is 4.90 Å². The van der Waals surface area contributed by atoms with Gasteiger partial charge in [-0.3, -0.25) is 4.79 Å². The summed E-state index contributed by atoms with van der Waals surface area (Å²) in [5.41, 5.74) is 0. The molecule has 0 aromatic carbocycles. The summed E-state index contributed by atoms with van der Waals surface area (Å²) in [6.07, 6.45) is -1.77. The Kier molecular flexibility index (Phi) is 6.38. The molecule has 1 saturated heterocycles. The predicted octanol–water partition coefficient (Wildman–Crippen LogP) is 3.06. The van der Waals surface area contributed by atoms with Gasteiger partial charge in [0.15, 0.2) is 11.6 Å². The van der Waals surface area contributed by atoms with E-state index in [4.69, 9.17) is 9.97 Å². The molecule has 3 aromatic heterocycles. The van der Waals surface area contributed by atoms with E-state index in [0.29, 0.717) is 18.2 Å². The number of nitrogens with one attached hydrogen (secondary N) is 2. The van der Waals surface area contributed by atoms with E-state index in [-0.39, 0.29) is 36.8 Å². The van der Waals surface area contributed by atoms with E-state index in [1.165, 1.54) is 11.8 Å². The number of amides is 1. The second-order valence-corrected chi connectivity index (χ2v) is 10.1. The third-order valence-corrected chi connectivity index (χ3v) is 7.54. The van der Waals surface area contributed by atoms with E-state index in [2.05, 4.69) is 33.8 Å². The highest BCUT2D eigenvalue weighted by Gasteiger charge is 2.40. The Morgan fingerprint density at radius 2 is 2.14 bits per heavy atom. The Labute approximate surface area is 204 Å². The summed E-state index contributed by atoms with van der Waals surface area (Å²) in [6, 6.07) is 1.72. The van der Waals surface area contributed by atoms with Gasteiger partial charge in [-0.2, -0.15) is 13.2 Å². The maximum absolute atomic E-state index is 13.3. The predicted molar refractivity (Wildman–Crippen MR) is 125 cm³/mol. The van der Waals surface area contributed by atoms with Crippen LogP contribution >= 0.6 is 11.3 Å². The maximum atomic E-state index is 13.3. The number of thiophene rings is 1. The largest absolute Gasteiger partial charge is 0.451 e. The Bertz CT molecular complexity index is 1230. The van der Waals surface area contributed by atoms with Gasteiger partial charge in [0.05, 0.1) is 18.0 Å². The molecule has 2 aliphatic rings. The van der Waals surface area contributed by atoms with Crippen LogP contribution < -0.4 is 15.5 Å². The molecule has 0 bridgehead atoms. The van der Waals surface area contributed by atoms with Crippen molar-refractivity contribution in [3.8, 4) is 0 Å². The molecule has 9 nitrogen and oxygen atoms in total. The summed E-state index contributed by atoms with van der Waals surface area (Å²) in [6.45, 7) is 5.79. The molecule has 0 radical (unpaired) electrons. The minimum atomic E-state index is -4.55. The van der Waals surface area contributed by atoms with E-state index < -0.39 is 12.0 Å². The van der Waals surface area contributed by atoms with Gasteiger partial charge in [0.25, 0.3) is 0 Å². The topological polar surface area (TPSA) is 101 Å². The standard InChI is InChI=1S/C22H27F3N8OS/c1-3-4-14-9-15-19(32-7-8-33-16(11-32)30-31-21(33)22(23,24)25)28-18(29-20(15)35-14)17(27-12(2)34)13-5-6-26-10-13/h9,13,17,26H,3-8,10-11H2,1-2H3,(H,27,34)/t13?,17-/m0/s1. The summed E-state index contributed by atoms with van der Waals surface area (Å²) in [7, 11) is 0. The van der Waals surface area contributed by atoms with E-state index in [1.54, 1.807) is 11.3 Å². The summed E-state index contributed by atoms with van der Waals surface area (Å²) < 4.78 is 41.1. The Morgan fingerprint density at radius 3 is 2.83 bits per heavy atom. The lowest BCUT2D eigenvalue weighted by molar-refractivity contribution is -0.147. The number of hydrogen-bond acceptors (Lipinski definition) is 8. The number of fused-ring (bicyclic) bond motifs is 2. The fraction of sp³-hybridized carbons (Fsp3) is 0.591. The van der Waals surface area contributed by atoms with Crippen molar-refractivity contribution in [1.82, 2.24) is 35.4 Å². The van der Waals surface area contributed by atoms with Crippen LogP contribution in [0, 0.1) is 5.92 Å². The number of carbonyl (C=O) groups is 1. The maximum Gasteiger partial charge on any atom is 0.451 e. The molecule has 0 aliphatic carbocycles. The van der Waals surface area contributed by atoms with Gasteiger partial charge in [0.2, 0.25) is 11.7 Å². The average molecular weight is 509 g/mol. The van der Waals surface area contributed by atoms with Crippen molar-refractivity contribution in [2.45, 2.75) is 58.4 Å². The fourth-order valence-electron chi connectivity index (χ4n) is 4.84. The van der Waals surface area contributed by atoms with Crippen molar-refractivity contribution >= 4 is 33.3 Å². The van der Waals surface area contributed by atoms with Crippen molar-refractivity contribution in [1.29, 1.82) is 0 Å². The fourth-order valence-corrected chi connectivity index (χ4v) is 5.97. The van der Waals surface area contributed by atoms with Crippen LogP contribution in [0.3, 0.4) is 0 Å². The highest BCUT2D eigenvalue weighted by molar-refractivity contribution is 7.18. The van der Waals surface area contributed by atoms with Crippen LogP contribution in [0.15, 0.2) is 6.07 Å². The molecule has 13 heteroatoms. The molecular weight excluding hydrogens is 481 g/mol. The van der Waals surface area contributed by atoms with Crippen molar-refractivity contribution in [2.24, 2.45) is 5.92 Å². The molecule has 0 saturated carbocycles. The van der Waals surface area contributed by atoms with Crippen LogP contribution in [0.25, 0.3) is 10.2 Å². The van der Waals surface area contributed by atoms with Crippen molar-refractivity contribution in [2.75, 3.05) is 24.5 Å². The number of anilines is 1. The normalized spacial score (nSPS) is 19.2. The number of aryl methyl sites for hydroxylation is 1. The summed E-state index contributed by atoms with van der Waals surface area (Å²) >= 11 is 1.60. The lowest BCUT2D eigenvalue weighted by atomic mass is 9.98. The van der Waals surface area contributed by atoms with Crippen LogP contribution in [-0.4, -0.2) is 50.3 Å². The van der Waals surface area contributed by atoms with Crippen molar-refractivity contribution in [3.63, 3.8) is 0 Å². The number of carbonyl (C=O) groups excluding carboxylic acids is 1. The zero-order valence-electron chi connectivity index (χ0n) is 19.5. The number of halogens is 3. The lowest BCUT2D eigenvalue weighted by Gasteiger charge is -2.30. The second-order valence-electron chi connectivity index (χ2n) is 9.03. The average Bonchev–Trinajstić information content (AvgIpc) is 3.55. The van der Waals surface area contributed by atoms with Crippen LogP contribution in [-0.2, 0) is 30.5 Å². The summed E-state index contributed by atoms with van der Waals surface area (Å²) in [5, 5.41) is 14.5. The third-order valence-electron chi connectivity index (χ3n) is 6.45. The third kappa shape index (κ3) is 4.70. The smallest absolute Gasteiger partial charge is 0.347 e. The zero-order valence-corrected chi connectivity index (χ0v) is 20.3. The van der Waals surface area contributed by atoms with E-state index in [0.717, 1.165) is 47.1 Å². The van der Waals surface area contributed by atoms with Gasteiger partial charge in [-0.25, -0.2) is 9.97 Å². The summed E-state index contributed by atoms with van der Waals surface area (Å²) in [4.78, 5) is 25.8. The molecule has 5 heterocycles. The first-order chi connectivity index (χ1) is 16.7. The van der Waals surface area contributed by atoms with Crippen molar-refractivity contribution in [3.05, 3.63) is 28.4 Å². The molecule has 2 aliphatic heterocycles. The quantitative estimate of drug-likeness (QED) is 0.528. The zero-order chi connectivity index (χ0) is 24.7. The minimum Gasteiger partial charge on any atom is -0.347 e. The highest BCUT2D eigenvalue weighted by atomic mass is 32.1. The first kappa shape index (κ1) is 23.9. The van der Waals surface area contributed by atoms with Gasteiger partial charge in [-0.05, 0) is 25.5 Å². The Hall–Kier alpha value is -2.80. The number of alkyl halides is 3. The minimum absolute atomic E-state index is 0.103. The van der Waals surface area contributed by atoms with E-state index >= 15 is 0 Å². The van der Waals surface area contributed by atoms with Crippen LogP contribution in [0.5, 0.6) is 0 Å². The van der Waals surface area contributed by atoms with Gasteiger partial charge < -0.3 is 20.1 Å². The van der Waals surface area contributed by atoms with Crippen molar-refractivity contribution < 1.29 is 18.0 Å². The lowest BCUT2D eigenvalue weighted by Crippen LogP contribution is -2.37. The molecule has 1 amide bonds. The molecule has 188 valence electrons. The molecule has 1 fully saturated rings. The van der Waals surface area contributed by atoms with Gasteiger partial charge in [0, 0.05) is 37.4 Å². The van der Waals surface area contributed by atoms with Gasteiger partial charge >= 0.3 is 6.18 Å². The van der Waals surface area contributed by atoms with Crippen LogP contribution in [0.2, 0.25) is 0 Å². The first-order valence-electron chi connectivity index (χ1n) is 11.8. The monoisotopic (exact) mass is 508 g/mol. The molecular formula is C22H27F3N8OS. The SMILES string of the molecule is CCCc1cc2c(N3CCn4c(nnc4C(F)(F)F)C3)nc([C@@H](NC(C)=O)C3CCNC3)nc2s1. The molecule has 3 aromatic rings. The Morgan fingerprint density at radius 1 is 1.31 bits per heavy atom. The van der Waals surface area contributed by atoms with Gasteiger partial charge in [-0.15, -0.1) is 21.5 Å². The molecule has 0 spiro atoms. The number of hydrogen-bond donors (Lipinski definition) is 2. The molecule has 5 rings (SSSR count). The Balaban J connectivity index is 1.57. The van der Waals surface area contributed by atoms with E-state index in [9.17, 15) is 18.0 Å². The molecule has 1 unspecified atom stereocenters. The number of rotatable bonds is 6. The first-order valence-corrected chi connectivity index (χ1v) is 12.6. The van der Waals surface area contributed by atoms with Gasteiger partial charge in [-0.1, -0.05) is 13.3 Å². The molecule has 2 N–H and O–H groups in total. The number of aromatic nitrogens is 5. The van der Waals surface area contributed by atoms with Gasteiger partial charge in [0.1, 0.15) is 10.6 Å². The van der Waals surface area contributed by atoms with Crippen LogP contribution in [0.4, 0.5) is 19.0 Å². The molecule has 35 heavy (non-hydrogen) atoms. The highest BCUT2D eigenvalue weighted by Crippen LogP contribution is 2.37. The second kappa shape index (κ2) is 9.34. The van der Waals surface area contributed by atoms with Crippen LogP contribution in [0.1, 0.15) is 55.1 Å².